The molecule has 2 rings (SSSR count). The molecule has 1 heterocycles. The number of nitrogens with zero attached hydrogens (tertiary/aromatic N) is 2. The zero-order valence-corrected chi connectivity index (χ0v) is 11.3. The number of nitrogens with two attached hydrogens (primary N) is 1. The van der Waals surface area contributed by atoms with Gasteiger partial charge in [0.15, 0.2) is 0 Å². The number of carbonyl (C=O) groups is 1. The zero-order chi connectivity index (χ0) is 13.8. The molecule has 0 saturated heterocycles. The van der Waals surface area contributed by atoms with Crippen molar-refractivity contribution in [1.82, 2.24) is 9.97 Å². The number of rotatable bonds is 6. The molecule has 1 unspecified atom stereocenters. The van der Waals surface area contributed by atoms with Crippen LogP contribution < -0.4 is 11.1 Å². The van der Waals surface area contributed by atoms with Gasteiger partial charge in [-0.25, -0.2) is 14.8 Å². The fourth-order valence-electron chi connectivity index (χ4n) is 1.86. The van der Waals surface area contributed by atoms with Gasteiger partial charge in [-0.3, -0.25) is 0 Å². The molecule has 1 aromatic rings. The smallest absolute Gasteiger partial charge is 0.341 e. The lowest BCUT2D eigenvalue weighted by molar-refractivity contribution is 0.0524. The van der Waals surface area contributed by atoms with Crippen molar-refractivity contribution in [3.63, 3.8) is 0 Å². The molecule has 1 fully saturated rings. The molecule has 0 amide bonds. The van der Waals surface area contributed by atoms with Crippen molar-refractivity contribution in [1.29, 1.82) is 0 Å². The lowest BCUT2D eigenvalue weighted by Crippen LogP contribution is -2.31. The van der Waals surface area contributed by atoms with Crippen molar-refractivity contribution in [2.24, 2.45) is 11.7 Å². The Balaban J connectivity index is 1.95. The summed E-state index contributed by atoms with van der Waals surface area (Å²) in [5.74, 6) is 0.746. The molecule has 1 aliphatic carbocycles. The highest BCUT2D eigenvalue weighted by atomic mass is 16.5. The number of aryl methyl sites for hydroxylation is 1. The van der Waals surface area contributed by atoms with E-state index >= 15 is 0 Å². The van der Waals surface area contributed by atoms with Crippen molar-refractivity contribution >= 4 is 11.9 Å². The molecule has 104 valence electrons. The minimum absolute atomic E-state index is 0.147. The molecular formula is C13H20N4O2. The molecule has 1 aliphatic rings. The Labute approximate surface area is 112 Å². The van der Waals surface area contributed by atoms with Gasteiger partial charge in [-0.15, -0.1) is 0 Å². The predicted molar refractivity (Wildman–Crippen MR) is 71.9 cm³/mol. The van der Waals surface area contributed by atoms with Gasteiger partial charge in [-0.1, -0.05) is 0 Å². The number of anilines is 1. The average molecular weight is 264 g/mol. The van der Waals surface area contributed by atoms with Crippen molar-refractivity contribution < 1.29 is 9.53 Å². The van der Waals surface area contributed by atoms with Crippen LogP contribution in [0.1, 0.15) is 35.8 Å². The number of hydrogen-bond acceptors (Lipinski definition) is 6. The molecule has 0 aliphatic heterocycles. The minimum Gasteiger partial charge on any atom is -0.462 e. The number of aromatic nitrogens is 2. The predicted octanol–water partition coefficient (Wildman–Crippen LogP) is 1.11. The third-order valence-corrected chi connectivity index (χ3v) is 3.20. The molecule has 6 nitrogen and oxygen atoms in total. The second-order valence-electron chi connectivity index (χ2n) is 4.80. The van der Waals surface area contributed by atoms with Crippen molar-refractivity contribution in [3.05, 3.63) is 17.5 Å². The summed E-state index contributed by atoms with van der Waals surface area (Å²) in [4.78, 5) is 20.0. The fraction of sp³-hybridized carbons (Fsp3) is 0.615. The standard InChI is InChI=1S/C13H20N4O2/c1-3-19-12(18)10-6-15-13(17-8(10)2)16-7-11(14)9-4-5-9/h6,9,11H,3-5,7,14H2,1-2H3,(H,15,16,17). The number of esters is 1. The van der Waals surface area contributed by atoms with E-state index in [0.717, 1.165) is 0 Å². The molecule has 0 aromatic carbocycles. The van der Waals surface area contributed by atoms with Crippen LogP contribution in [0.25, 0.3) is 0 Å². The Morgan fingerprint density at radius 2 is 2.37 bits per heavy atom. The van der Waals surface area contributed by atoms with E-state index in [0.29, 0.717) is 36.3 Å². The van der Waals surface area contributed by atoms with E-state index < -0.39 is 0 Å². The Morgan fingerprint density at radius 1 is 1.63 bits per heavy atom. The lowest BCUT2D eigenvalue weighted by atomic mass is 10.2. The Kier molecular flexibility index (Phi) is 4.31. The first-order valence-corrected chi connectivity index (χ1v) is 6.62. The second-order valence-corrected chi connectivity index (χ2v) is 4.80. The average Bonchev–Trinajstić information content (AvgIpc) is 3.20. The van der Waals surface area contributed by atoms with Crippen molar-refractivity contribution in [2.75, 3.05) is 18.5 Å². The Bertz CT molecular complexity index is 460. The maximum atomic E-state index is 11.6. The first-order valence-electron chi connectivity index (χ1n) is 6.62. The van der Waals surface area contributed by atoms with Crippen LogP contribution >= 0.6 is 0 Å². The first kappa shape index (κ1) is 13.7. The van der Waals surface area contributed by atoms with E-state index in [9.17, 15) is 4.79 Å². The highest BCUT2D eigenvalue weighted by Gasteiger charge is 2.28. The number of nitrogens with one attached hydrogen (secondary N) is 1. The van der Waals surface area contributed by atoms with Gasteiger partial charge in [0.25, 0.3) is 0 Å². The normalized spacial score (nSPS) is 15.9. The lowest BCUT2D eigenvalue weighted by Gasteiger charge is -2.12. The summed E-state index contributed by atoms with van der Waals surface area (Å²) >= 11 is 0. The topological polar surface area (TPSA) is 90.1 Å². The van der Waals surface area contributed by atoms with E-state index in [-0.39, 0.29) is 12.0 Å². The molecule has 0 spiro atoms. The molecule has 19 heavy (non-hydrogen) atoms. The Morgan fingerprint density at radius 3 is 2.95 bits per heavy atom. The molecule has 0 radical (unpaired) electrons. The summed E-state index contributed by atoms with van der Waals surface area (Å²) in [7, 11) is 0. The molecule has 1 atom stereocenters. The van der Waals surface area contributed by atoms with Crippen molar-refractivity contribution in [2.45, 2.75) is 32.7 Å². The number of hydrogen-bond donors (Lipinski definition) is 2. The van der Waals surface area contributed by atoms with Crippen LogP contribution in [0.15, 0.2) is 6.20 Å². The minimum atomic E-state index is -0.388. The monoisotopic (exact) mass is 264 g/mol. The van der Waals surface area contributed by atoms with Crippen LogP contribution in [0.4, 0.5) is 5.95 Å². The van der Waals surface area contributed by atoms with Crippen molar-refractivity contribution in [3.8, 4) is 0 Å². The molecule has 1 aromatic heterocycles. The zero-order valence-electron chi connectivity index (χ0n) is 11.3. The maximum Gasteiger partial charge on any atom is 0.341 e. The fourth-order valence-corrected chi connectivity index (χ4v) is 1.86. The third kappa shape index (κ3) is 3.64. The summed E-state index contributed by atoms with van der Waals surface area (Å²) in [6.07, 6.45) is 3.92. The third-order valence-electron chi connectivity index (χ3n) is 3.20. The summed E-state index contributed by atoms with van der Waals surface area (Å²) < 4.78 is 4.93. The molecular weight excluding hydrogens is 244 g/mol. The highest BCUT2D eigenvalue weighted by Crippen LogP contribution is 2.31. The molecule has 6 heteroatoms. The summed E-state index contributed by atoms with van der Waals surface area (Å²) in [6.45, 7) is 4.53. The summed E-state index contributed by atoms with van der Waals surface area (Å²) in [6, 6.07) is 0.147. The van der Waals surface area contributed by atoms with Gasteiger partial charge in [0.1, 0.15) is 0 Å². The van der Waals surface area contributed by atoms with Crippen LogP contribution in [0.5, 0.6) is 0 Å². The largest absolute Gasteiger partial charge is 0.462 e. The van der Waals surface area contributed by atoms with Crippen LogP contribution in [-0.4, -0.2) is 35.1 Å². The second kappa shape index (κ2) is 5.97. The number of ether oxygens (including phenoxy) is 1. The SMILES string of the molecule is CCOC(=O)c1cnc(NCC(N)C2CC2)nc1C. The maximum absolute atomic E-state index is 11.6. The van der Waals surface area contributed by atoms with E-state index in [2.05, 4.69) is 15.3 Å². The van der Waals surface area contributed by atoms with Crippen LogP contribution in [0, 0.1) is 12.8 Å². The van der Waals surface area contributed by atoms with Gasteiger partial charge in [-0.05, 0) is 32.6 Å². The summed E-state index contributed by atoms with van der Waals surface area (Å²) in [5, 5.41) is 3.11. The molecule has 3 N–H and O–H groups in total. The van der Waals surface area contributed by atoms with Gasteiger partial charge in [0, 0.05) is 18.8 Å². The van der Waals surface area contributed by atoms with E-state index in [4.69, 9.17) is 10.5 Å². The number of carbonyl (C=O) groups excluding carboxylic acids is 1. The van der Waals surface area contributed by atoms with E-state index in [1.54, 1.807) is 13.8 Å². The first-order chi connectivity index (χ1) is 9.11. The van der Waals surface area contributed by atoms with Crippen LogP contribution in [0.3, 0.4) is 0 Å². The summed E-state index contributed by atoms with van der Waals surface area (Å²) in [5.41, 5.74) is 7.00. The van der Waals surface area contributed by atoms with Gasteiger partial charge in [-0.2, -0.15) is 0 Å². The van der Waals surface area contributed by atoms with E-state index in [1.165, 1.54) is 19.0 Å². The highest BCUT2D eigenvalue weighted by molar-refractivity contribution is 5.90. The van der Waals surface area contributed by atoms with Gasteiger partial charge in [0.05, 0.1) is 17.9 Å². The molecule has 0 bridgehead atoms. The van der Waals surface area contributed by atoms with Crippen LogP contribution in [-0.2, 0) is 4.74 Å². The van der Waals surface area contributed by atoms with Crippen LogP contribution in [0.2, 0.25) is 0 Å². The van der Waals surface area contributed by atoms with Gasteiger partial charge >= 0.3 is 5.97 Å². The van der Waals surface area contributed by atoms with Gasteiger partial charge in [0.2, 0.25) is 5.95 Å². The quantitative estimate of drug-likeness (QED) is 0.748. The molecule has 1 saturated carbocycles. The van der Waals surface area contributed by atoms with E-state index in [1.807, 2.05) is 0 Å². The Hall–Kier alpha value is -1.69. The van der Waals surface area contributed by atoms with Gasteiger partial charge < -0.3 is 15.8 Å².